The van der Waals surface area contributed by atoms with Crippen LogP contribution < -0.4 is 5.32 Å². The summed E-state index contributed by atoms with van der Waals surface area (Å²) in [6, 6.07) is 0.289. The van der Waals surface area contributed by atoms with Gasteiger partial charge in [0, 0.05) is 37.4 Å². The summed E-state index contributed by atoms with van der Waals surface area (Å²) in [7, 11) is 1.91. The highest BCUT2D eigenvalue weighted by molar-refractivity contribution is 7.89. The molecule has 21 heavy (non-hydrogen) atoms. The highest BCUT2D eigenvalue weighted by atomic mass is 32.2. The molecule has 0 bridgehead atoms. The number of sulfonamides is 1. The second-order valence-electron chi connectivity index (χ2n) is 5.72. The van der Waals surface area contributed by atoms with Gasteiger partial charge in [0.15, 0.2) is 5.03 Å². The number of nitrogens with zero attached hydrogens (tertiary/aromatic N) is 3. The number of likely N-dealkylation sites (N-methyl/N-ethyl adjacent to an activating group) is 2. The lowest BCUT2D eigenvalue weighted by Gasteiger charge is -2.25. The minimum atomic E-state index is -3.56. The molecule has 1 unspecified atom stereocenters. The van der Waals surface area contributed by atoms with Crippen molar-refractivity contribution in [1.82, 2.24) is 24.7 Å². The van der Waals surface area contributed by atoms with Crippen LogP contribution in [0.15, 0.2) is 5.03 Å². The second kappa shape index (κ2) is 6.43. The second-order valence-corrected chi connectivity index (χ2v) is 7.69. The normalized spacial score (nSPS) is 20.5. The van der Waals surface area contributed by atoms with E-state index in [9.17, 15) is 8.42 Å². The van der Waals surface area contributed by atoms with E-state index in [1.165, 1.54) is 4.31 Å². The molecule has 120 valence electrons. The standard InChI is InChI=1S/C13H25N5O2S/c1-10-12(8-14-2)13(16-15-10)21(19,20)18(4)9-11-6-5-7-17(11)3/h11,14H,5-9H2,1-4H3,(H,15,16). The van der Waals surface area contributed by atoms with Gasteiger partial charge >= 0.3 is 0 Å². The van der Waals surface area contributed by atoms with Crippen molar-refractivity contribution in [3.8, 4) is 0 Å². The zero-order chi connectivity index (χ0) is 15.6. The van der Waals surface area contributed by atoms with Crippen LogP contribution >= 0.6 is 0 Å². The molecule has 0 spiro atoms. The molecule has 2 heterocycles. The van der Waals surface area contributed by atoms with Crippen LogP contribution in [0.1, 0.15) is 24.1 Å². The minimum Gasteiger partial charge on any atom is -0.316 e. The van der Waals surface area contributed by atoms with Gasteiger partial charge in [0.25, 0.3) is 10.0 Å². The van der Waals surface area contributed by atoms with E-state index in [4.69, 9.17) is 0 Å². The van der Waals surface area contributed by atoms with Crippen LogP contribution in [0, 0.1) is 6.92 Å². The lowest BCUT2D eigenvalue weighted by atomic mass is 10.2. The zero-order valence-electron chi connectivity index (χ0n) is 13.2. The highest BCUT2D eigenvalue weighted by Crippen LogP contribution is 2.22. The third-order valence-corrected chi connectivity index (χ3v) is 5.98. The lowest BCUT2D eigenvalue weighted by Crippen LogP contribution is -2.40. The molecule has 8 heteroatoms. The smallest absolute Gasteiger partial charge is 0.262 e. The molecular weight excluding hydrogens is 290 g/mol. The predicted octanol–water partition coefficient (Wildman–Crippen LogP) is 0.152. The molecular formula is C13H25N5O2S. The molecule has 2 N–H and O–H groups in total. The number of hydrogen-bond donors (Lipinski definition) is 2. The molecule has 1 aromatic rings. The molecule has 0 aliphatic carbocycles. The number of aromatic amines is 1. The summed E-state index contributed by atoms with van der Waals surface area (Å²) < 4.78 is 26.9. The Morgan fingerprint density at radius 2 is 2.24 bits per heavy atom. The fraction of sp³-hybridized carbons (Fsp3) is 0.769. The van der Waals surface area contributed by atoms with Crippen molar-refractivity contribution < 1.29 is 8.42 Å². The monoisotopic (exact) mass is 315 g/mol. The van der Waals surface area contributed by atoms with Gasteiger partial charge in [-0.2, -0.15) is 9.40 Å². The molecule has 1 saturated heterocycles. The predicted molar refractivity (Wildman–Crippen MR) is 81.6 cm³/mol. The van der Waals surface area contributed by atoms with E-state index < -0.39 is 10.0 Å². The van der Waals surface area contributed by atoms with Crippen molar-refractivity contribution in [1.29, 1.82) is 0 Å². The summed E-state index contributed by atoms with van der Waals surface area (Å²) in [5, 5.41) is 9.92. The third-order valence-electron chi connectivity index (χ3n) is 4.18. The summed E-state index contributed by atoms with van der Waals surface area (Å²) >= 11 is 0. The molecule has 0 amide bonds. The Labute approximate surface area is 126 Å². The van der Waals surface area contributed by atoms with Crippen LogP contribution in [0.2, 0.25) is 0 Å². The van der Waals surface area contributed by atoms with Gasteiger partial charge in [-0.3, -0.25) is 5.10 Å². The SMILES string of the molecule is CNCc1c(S(=O)(=O)N(C)CC2CCCN2C)n[nH]c1C. The topological polar surface area (TPSA) is 81.3 Å². The van der Waals surface area contributed by atoms with Crippen LogP contribution in [-0.4, -0.2) is 68.1 Å². The Bertz CT molecular complexity index is 583. The number of rotatable bonds is 6. The summed E-state index contributed by atoms with van der Waals surface area (Å²) in [6.07, 6.45) is 2.17. The molecule has 1 atom stereocenters. The van der Waals surface area contributed by atoms with Gasteiger partial charge in [-0.15, -0.1) is 0 Å². The fourth-order valence-electron chi connectivity index (χ4n) is 2.78. The molecule has 1 aliphatic heterocycles. The van der Waals surface area contributed by atoms with Crippen molar-refractivity contribution in [2.75, 3.05) is 34.2 Å². The Balaban J connectivity index is 2.21. The molecule has 1 aromatic heterocycles. The maximum atomic E-state index is 12.7. The van der Waals surface area contributed by atoms with Crippen LogP contribution in [-0.2, 0) is 16.6 Å². The van der Waals surface area contributed by atoms with Crippen LogP contribution in [0.5, 0.6) is 0 Å². The van der Waals surface area contributed by atoms with Crippen molar-refractivity contribution in [2.45, 2.75) is 37.4 Å². The zero-order valence-corrected chi connectivity index (χ0v) is 14.0. The molecule has 2 rings (SSSR count). The number of nitrogens with one attached hydrogen (secondary N) is 2. The average Bonchev–Trinajstić information content (AvgIpc) is 2.98. The van der Waals surface area contributed by atoms with Crippen LogP contribution in [0.4, 0.5) is 0 Å². The summed E-state index contributed by atoms with van der Waals surface area (Å²) in [4.78, 5) is 2.22. The van der Waals surface area contributed by atoms with Gasteiger partial charge in [0.2, 0.25) is 0 Å². The van der Waals surface area contributed by atoms with Gasteiger partial charge in [-0.25, -0.2) is 8.42 Å². The van der Waals surface area contributed by atoms with Crippen molar-refractivity contribution in [3.63, 3.8) is 0 Å². The summed E-state index contributed by atoms with van der Waals surface area (Å²) in [6.45, 7) is 3.85. The number of aryl methyl sites for hydroxylation is 1. The number of likely N-dealkylation sites (tertiary alicyclic amines) is 1. The molecule has 0 aromatic carbocycles. The van der Waals surface area contributed by atoms with E-state index >= 15 is 0 Å². The molecule has 0 saturated carbocycles. The van der Waals surface area contributed by atoms with Crippen LogP contribution in [0.3, 0.4) is 0 Å². The van der Waals surface area contributed by atoms with Gasteiger partial charge < -0.3 is 10.2 Å². The van der Waals surface area contributed by atoms with Crippen molar-refractivity contribution >= 4 is 10.0 Å². The first kappa shape index (κ1) is 16.4. The van der Waals surface area contributed by atoms with E-state index in [0.717, 1.165) is 25.1 Å². The van der Waals surface area contributed by atoms with E-state index in [-0.39, 0.29) is 11.1 Å². The van der Waals surface area contributed by atoms with Gasteiger partial charge in [0.1, 0.15) is 0 Å². The first-order chi connectivity index (χ1) is 9.87. The molecule has 1 fully saturated rings. The summed E-state index contributed by atoms with van der Waals surface area (Å²) in [5.74, 6) is 0. The Morgan fingerprint density at radius 3 is 2.81 bits per heavy atom. The molecule has 0 radical (unpaired) electrons. The number of hydrogen-bond acceptors (Lipinski definition) is 5. The average molecular weight is 315 g/mol. The first-order valence-corrected chi connectivity index (χ1v) is 8.67. The number of H-pyrrole nitrogens is 1. The van der Waals surface area contributed by atoms with Gasteiger partial charge in [0.05, 0.1) is 0 Å². The van der Waals surface area contributed by atoms with Crippen molar-refractivity contribution in [3.05, 3.63) is 11.3 Å². The Hall–Kier alpha value is -0.960. The fourth-order valence-corrected chi connectivity index (χ4v) is 4.14. The van der Waals surface area contributed by atoms with Gasteiger partial charge in [-0.1, -0.05) is 0 Å². The lowest BCUT2D eigenvalue weighted by molar-refractivity contribution is 0.270. The van der Waals surface area contributed by atoms with Crippen molar-refractivity contribution in [2.24, 2.45) is 0 Å². The maximum absolute atomic E-state index is 12.7. The Morgan fingerprint density at radius 1 is 1.52 bits per heavy atom. The highest BCUT2D eigenvalue weighted by Gasteiger charge is 2.31. The van der Waals surface area contributed by atoms with E-state index in [2.05, 4.69) is 20.4 Å². The largest absolute Gasteiger partial charge is 0.316 e. The molecule has 7 nitrogen and oxygen atoms in total. The first-order valence-electron chi connectivity index (χ1n) is 7.23. The van der Waals surface area contributed by atoms with Crippen LogP contribution in [0.25, 0.3) is 0 Å². The van der Waals surface area contributed by atoms with E-state index in [1.807, 2.05) is 14.0 Å². The quantitative estimate of drug-likeness (QED) is 0.781. The van der Waals surface area contributed by atoms with E-state index in [0.29, 0.717) is 18.7 Å². The molecule has 1 aliphatic rings. The Kier molecular flexibility index (Phi) is 5.03. The number of aromatic nitrogens is 2. The van der Waals surface area contributed by atoms with E-state index in [1.54, 1.807) is 14.1 Å². The summed E-state index contributed by atoms with van der Waals surface area (Å²) in [5.41, 5.74) is 1.50. The minimum absolute atomic E-state index is 0.137. The van der Waals surface area contributed by atoms with Gasteiger partial charge in [-0.05, 0) is 40.4 Å². The maximum Gasteiger partial charge on any atom is 0.262 e. The third kappa shape index (κ3) is 3.28.